The van der Waals surface area contributed by atoms with Gasteiger partial charge in [-0.3, -0.25) is 4.79 Å². The summed E-state index contributed by atoms with van der Waals surface area (Å²) in [5.41, 5.74) is 2.34. The molecule has 0 unspecified atom stereocenters. The molecule has 0 aromatic heterocycles. The highest BCUT2D eigenvalue weighted by molar-refractivity contribution is 5.86. The van der Waals surface area contributed by atoms with E-state index in [4.69, 9.17) is 0 Å². The third-order valence-corrected chi connectivity index (χ3v) is 0.305. The van der Waals surface area contributed by atoms with Crippen molar-refractivity contribution in [2.45, 2.75) is 21.8 Å². The van der Waals surface area contributed by atoms with E-state index in [-0.39, 0.29) is 20.6 Å². The lowest BCUT2D eigenvalue weighted by molar-refractivity contribution is -0.112. The zero-order valence-electron chi connectivity index (χ0n) is 3.69. The van der Waals surface area contributed by atoms with Gasteiger partial charge in [-0.15, -0.1) is 5.73 Å². The highest BCUT2D eigenvalue weighted by Crippen LogP contribution is 1.64. The first-order valence-corrected chi connectivity index (χ1v) is 1.64. The minimum absolute atomic E-state index is 0. The molecular weight excluding hydrogens is 100 g/mol. The first-order valence-electron chi connectivity index (χ1n) is 1.64. The van der Waals surface area contributed by atoms with Crippen molar-refractivity contribution in [2.75, 3.05) is 0 Å². The average Bonchev–Trinajstić information content (AvgIpc) is 1.35. The molecule has 0 saturated carbocycles. The van der Waals surface area contributed by atoms with Crippen molar-refractivity contribution in [1.29, 1.82) is 0 Å². The summed E-state index contributed by atoms with van der Waals surface area (Å²) in [6.07, 6.45) is 1.29. The van der Waals surface area contributed by atoms with Crippen LogP contribution in [0.2, 0.25) is 0 Å². The summed E-state index contributed by atoms with van der Waals surface area (Å²) in [7, 11) is 0. The summed E-state index contributed by atoms with van der Waals surface area (Å²) in [5, 5.41) is 0. The number of hydrogen-bond donors (Lipinski definition) is 0. The Morgan fingerprint density at radius 2 is 2.00 bits per heavy atom. The second-order valence-corrected chi connectivity index (χ2v) is 0.959. The van der Waals surface area contributed by atoms with E-state index in [1.165, 1.54) is 13.0 Å². The van der Waals surface area contributed by atoms with Crippen LogP contribution in [-0.4, -0.2) is 5.78 Å². The first kappa shape index (κ1) is 15.7. The van der Waals surface area contributed by atoms with Gasteiger partial charge < -0.3 is 0 Å². The van der Waals surface area contributed by atoms with Gasteiger partial charge in [-0.2, -0.15) is 0 Å². The van der Waals surface area contributed by atoms with E-state index in [0.717, 1.165) is 0 Å². The lowest BCUT2D eigenvalue weighted by atomic mass is 10.4. The van der Waals surface area contributed by atoms with Crippen LogP contribution in [0.4, 0.5) is 0 Å². The van der Waals surface area contributed by atoms with Crippen molar-refractivity contribution < 1.29 is 4.79 Å². The SMILES string of the molecule is C.C.C=C=CC(C)=O. The Morgan fingerprint density at radius 3 is 2.00 bits per heavy atom. The molecule has 0 radical (unpaired) electrons. The molecule has 1 heteroatoms. The van der Waals surface area contributed by atoms with Crippen LogP contribution in [0.1, 0.15) is 21.8 Å². The van der Waals surface area contributed by atoms with Crippen molar-refractivity contribution in [1.82, 2.24) is 0 Å². The molecule has 0 rings (SSSR count). The average molecular weight is 114 g/mol. The van der Waals surface area contributed by atoms with Gasteiger partial charge in [0.15, 0.2) is 5.78 Å². The normalized spacial score (nSPS) is 4.62. The number of carbonyl (C=O) groups is 1. The maximum absolute atomic E-state index is 9.89. The van der Waals surface area contributed by atoms with Gasteiger partial charge in [0.1, 0.15) is 0 Å². The Bertz CT molecular complexity index is 97.0. The zero-order chi connectivity index (χ0) is 4.99. The first-order chi connectivity index (χ1) is 2.77. The summed E-state index contributed by atoms with van der Waals surface area (Å²) in [4.78, 5) is 9.89. The molecule has 0 fully saturated rings. The zero-order valence-corrected chi connectivity index (χ0v) is 3.69. The van der Waals surface area contributed by atoms with Gasteiger partial charge in [0.25, 0.3) is 0 Å². The molecule has 1 nitrogen and oxygen atoms in total. The Hall–Kier alpha value is -0.810. The van der Waals surface area contributed by atoms with Gasteiger partial charge >= 0.3 is 0 Å². The van der Waals surface area contributed by atoms with Gasteiger partial charge in [0, 0.05) is 6.08 Å². The Kier molecular flexibility index (Phi) is 18.6. The monoisotopic (exact) mass is 114 g/mol. The smallest absolute Gasteiger partial charge is 0.160 e. The molecule has 0 aromatic rings. The molecule has 0 N–H and O–H groups in total. The predicted octanol–water partition coefficient (Wildman–Crippen LogP) is 2.19. The van der Waals surface area contributed by atoms with E-state index in [2.05, 4.69) is 12.3 Å². The third-order valence-electron chi connectivity index (χ3n) is 0.305. The molecular formula is C7H14O. The molecule has 0 amide bonds. The molecule has 0 saturated heterocycles. The van der Waals surface area contributed by atoms with E-state index in [0.29, 0.717) is 0 Å². The van der Waals surface area contributed by atoms with E-state index in [1.807, 2.05) is 0 Å². The minimum Gasteiger partial charge on any atom is -0.294 e. The van der Waals surface area contributed by atoms with Crippen molar-refractivity contribution in [3.63, 3.8) is 0 Å². The topological polar surface area (TPSA) is 17.1 Å². The fourth-order valence-corrected chi connectivity index (χ4v) is 0.144. The van der Waals surface area contributed by atoms with Crippen LogP contribution in [0.3, 0.4) is 0 Å². The highest BCUT2D eigenvalue weighted by Gasteiger charge is 1.72. The van der Waals surface area contributed by atoms with E-state index < -0.39 is 0 Å². The number of ketones is 1. The standard InChI is InChI=1S/C5H6O.2CH4/c1-3-4-5(2)6;;/h4H,1H2,2H3;2*1H4. The van der Waals surface area contributed by atoms with Gasteiger partial charge in [-0.25, -0.2) is 0 Å². The number of hydrogen-bond acceptors (Lipinski definition) is 1. The van der Waals surface area contributed by atoms with Crippen molar-refractivity contribution in [2.24, 2.45) is 0 Å². The predicted molar refractivity (Wildman–Crippen MR) is 37.9 cm³/mol. The van der Waals surface area contributed by atoms with Gasteiger partial charge in [0.2, 0.25) is 0 Å². The maximum atomic E-state index is 9.89. The lowest BCUT2D eigenvalue weighted by Crippen LogP contribution is -1.75. The van der Waals surface area contributed by atoms with E-state index in [1.54, 1.807) is 0 Å². The fraction of sp³-hybridized carbons (Fsp3) is 0.429. The minimum atomic E-state index is -0.00926. The second-order valence-electron chi connectivity index (χ2n) is 0.959. The summed E-state index contributed by atoms with van der Waals surface area (Å²) in [6.45, 7) is 4.66. The largest absolute Gasteiger partial charge is 0.294 e. The van der Waals surface area contributed by atoms with Gasteiger partial charge in [-0.1, -0.05) is 21.4 Å². The molecule has 48 valence electrons. The molecule has 0 spiro atoms. The fourth-order valence-electron chi connectivity index (χ4n) is 0.144. The molecule has 0 aliphatic rings. The lowest BCUT2D eigenvalue weighted by Gasteiger charge is -1.63. The Labute approximate surface area is 51.7 Å². The van der Waals surface area contributed by atoms with Crippen LogP contribution in [0.5, 0.6) is 0 Å². The number of carbonyl (C=O) groups excluding carboxylic acids is 1. The number of allylic oxidation sites excluding steroid dienone is 1. The molecule has 0 aliphatic heterocycles. The van der Waals surface area contributed by atoms with Crippen LogP contribution >= 0.6 is 0 Å². The van der Waals surface area contributed by atoms with E-state index >= 15 is 0 Å². The van der Waals surface area contributed by atoms with Crippen LogP contribution in [0.25, 0.3) is 0 Å². The van der Waals surface area contributed by atoms with Gasteiger partial charge in [0.05, 0.1) is 0 Å². The second kappa shape index (κ2) is 9.50. The Balaban J connectivity index is -0.000000125. The molecule has 0 aromatic carbocycles. The van der Waals surface area contributed by atoms with Crippen molar-refractivity contribution in [3.05, 3.63) is 18.4 Å². The van der Waals surface area contributed by atoms with Crippen molar-refractivity contribution in [3.8, 4) is 0 Å². The van der Waals surface area contributed by atoms with Crippen LogP contribution in [-0.2, 0) is 4.79 Å². The van der Waals surface area contributed by atoms with Crippen LogP contribution < -0.4 is 0 Å². The highest BCUT2D eigenvalue weighted by atomic mass is 16.1. The van der Waals surface area contributed by atoms with Crippen LogP contribution in [0.15, 0.2) is 18.4 Å². The molecule has 0 aliphatic carbocycles. The summed E-state index contributed by atoms with van der Waals surface area (Å²) < 4.78 is 0. The summed E-state index contributed by atoms with van der Waals surface area (Å²) >= 11 is 0. The quantitative estimate of drug-likeness (QED) is 0.377. The van der Waals surface area contributed by atoms with E-state index in [9.17, 15) is 4.79 Å². The molecule has 0 atom stereocenters. The molecule has 0 heterocycles. The summed E-state index contributed by atoms with van der Waals surface area (Å²) in [6, 6.07) is 0. The van der Waals surface area contributed by atoms with Crippen LogP contribution in [0, 0.1) is 0 Å². The maximum Gasteiger partial charge on any atom is 0.160 e. The van der Waals surface area contributed by atoms with Crippen molar-refractivity contribution >= 4 is 5.78 Å². The Morgan fingerprint density at radius 1 is 1.62 bits per heavy atom. The number of rotatable bonds is 1. The molecule has 8 heavy (non-hydrogen) atoms. The third kappa shape index (κ3) is 19.0. The van der Waals surface area contributed by atoms with Gasteiger partial charge in [-0.05, 0) is 6.92 Å². The molecule has 0 bridgehead atoms. The summed E-state index contributed by atoms with van der Waals surface area (Å²) in [5.74, 6) is -0.00926.